The molecule has 1 aliphatic carbocycles. The summed E-state index contributed by atoms with van der Waals surface area (Å²) in [5, 5.41) is 13.4. The van der Waals surface area contributed by atoms with Gasteiger partial charge in [-0.1, -0.05) is 48.0 Å². The zero-order valence-electron chi connectivity index (χ0n) is 19.7. The molecule has 1 aliphatic rings. The lowest BCUT2D eigenvalue weighted by atomic mass is 9.61. The molecule has 2 N–H and O–H groups in total. The van der Waals surface area contributed by atoms with Gasteiger partial charge in [0.25, 0.3) is 0 Å². The molecule has 8 heteroatoms. The van der Waals surface area contributed by atoms with Crippen molar-refractivity contribution in [1.82, 2.24) is 30.0 Å². The number of aromatic amines is 1. The van der Waals surface area contributed by atoms with Crippen LogP contribution in [0.1, 0.15) is 18.4 Å². The summed E-state index contributed by atoms with van der Waals surface area (Å²) in [6.07, 6.45) is 5.21. The number of benzene rings is 2. The molecular formula is C27H26ClN7. The number of likely N-dealkylation sites (N-methyl/N-ethyl adjacent to an activating group) is 1. The third-order valence-electron chi connectivity index (χ3n) is 6.90. The number of aromatic nitrogens is 5. The van der Waals surface area contributed by atoms with Crippen LogP contribution in [0.15, 0.2) is 67.1 Å². The van der Waals surface area contributed by atoms with Crippen molar-refractivity contribution < 1.29 is 0 Å². The maximum Gasteiger partial charge on any atom is 0.160 e. The smallest absolute Gasteiger partial charge is 0.160 e. The second-order valence-corrected chi connectivity index (χ2v) is 10.1. The Morgan fingerprint density at radius 1 is 1.09 bits per heavy atom. The van der Waals surface area contributed by atoms with E-state index in [1.165, 1.54) is 0 Å². The molecule has 0 aliphatic heterocycles. The van der Waals surface area contributed by atoms with Crippen molar-refractivity contribution in [3.8, 4) is 11.3 Å². The third-order valence-corrected chi connectivity index (χ3v) is 7.21. The van der Waals surface area contributed by atoms with E-state index in [4.69, 9.17) is 16.6 Å². The zero-order chi connectivity index (χ0) is 24.0. The third kappa shape index (κ3) is 4.00. The number of pyridine rings is 1. The van der Waals surface area contributed by atoms with Crippen LogP contribution < -0.4 is 5.32 Å². The monoisotopic (exact) mass is 483 g/mol. The molecule has 0 unspecified atom stereocenters. The number of hydrogen-bond donors (Lipinski definition) is 2. The van der Waals surface area contributed by atoms with Crippen molar-refractivity contribution in [1.29, 1.82) is 0 Å². The Labute approximate surface area is 208 Å². The molecular weight excluding hydrogens is 458 g/mol. The molecule has 1 fully saturated rings. The first-order chi connectivity index (χ1) is 17.0. The molecule has 0 saturated heterocycles. The number of nitrogens with one attached hydrogen (secondary N) is 2. The largest absolute Gasteiger partial charge is 0.367 e. The molecule has 0 spiro atoms. The first-order valence-corrected chi connectivity index (χ1v) is 12.1. The Bertz CT molecular complexity index is 1510. The minimum absolute atomic E-state index is 0.0700. The van der Waals surface area contributed by atoms with Crippen LogP contribution in [0.3, 0.4) is 0 Å². The Hall–Kier alpha value is -3.55. The average Bonchev–Trinajstić information content (AvgIpc) is 3.32. The van der Waals surface area contributed by atoms with E-state index < -0.39 is 0 Å². The molecule has 0 amide bonds. The fourth-order valence-electron chi connectivity index (χ4n) is 5.42. The summed E-state index contributed by atoms with van der Waals surface area (Å²) in [7, 11) is 4.23. The number of hydrogen-bond acceptors (Lipinski definition) is 6. The minimum Gasteiger partial charge on any atom is -0.367 e. The van der Waals surface area contributed by atoms with Gasteiger partial charge in [-0.15, -0.1) is 0 Å². The van der Waals surface area contributed by atoms with Crippen molar-refractivity contribution >= 4 is 39.4 Å². The van der Waals surface area contributed by atoms with Crippen molar-refractivity contribution in [2.75, 3.05) is 26.0 Å². The molecule has 0 atom stereocenters. The molecule has 3 aromatic heterocycles. The summed E-state index contributed by atoms with van der Waals surface area (Å²) in [5.74, 6) is 0.811. The highest BCUT2D eigenvalue weighted by molar-refractivity contribution is 6.32. The van der Waals surface area contributed by atoms with E-state index >= 15 is 0 Å². The molecule has 3 heterocycles. The van der Waals surface area contributed by atoms with Gasteiger partial charge in [0.1, 0.15) is 12.1 Å². The summed E-state index contributed by atoms with van der Waals surface area (Å²) >= 11 is 6.91. The zero-order valence-corrected chi connectivity index (χ0v) is 20.4. The Morgan fingerprint density at radius 3 is 2.71 bits per heavy atom. The maximum atomic E-state index is 6.91. The van der Waals surface area contributed by atoms with Gasteiger partial charge in [0.15, 0.2) is 5.65 Å². The molecule has 2 aromatic carbocycles. The van der Waals surface area contributed by atoms with Crippen LogP contribution in [0.25, 0.3) is 33.2 Å². The van der Waals surface area contributed by atoms with Crippen LogP contribution in [-0.2, 0) is 5.41 Å². The van der Waals surface area contributed by atoms with Crippen molar-refractivity contribution in [3.63, 3.8) is 0 Å². The highest BCUT2D eigenvalue weighted by atomic mass is 35.5. The van der Waals surface area contributed by atoms with E-state index in [1.807, 2.05) is 18.2 Å². The highest BCUT2D eigenvalue weighted by Crippen LogP contribution is 2.48. The maximum absolute atomic E-state index is 6.91. The van der Waals surface area contributed by atoms with Gasteiger partial charge in [0.2, 0.25) is 0 Å². The molecule has 1 saturated carbocycles. The highest BCUT2D eigenvalue weighted by Gasteiger charge is 2.47. The Morgan fingerprint density at radius 2 is 1.91 bits per heavy atom. The van der Waals surface area contributed by atoms with Gasteiger partial charge >= 0.3 is 0 Å². The van der Waals surface area contributed by atoms with E-state index in [-0.39, 0.29) is 11.5 Å². The van der Waals surface area contributed by atoms with Crippen LogP contribution in [0, 0.1) is 0 Å². The van der Waals surface area contributed by atoms with Gasteiger partial charge in [-0.25, -0.2) is 15.0 Å². The summed E-state index contributed by atoms with van der Waals surface area (Å²) in [6.45, 7) is 0.902. The predicted octanol–water partition coefficient (Wildman–Crippen LogP) is 5.30. The van der Waals surface area contributed by atoms with Crippen LogP contribution in [0.2, 0.25) is 5.02 Å². The van der Waals surface area contributed by atoms with E-state index in [2.05, 4.69) is 80.9 Å². The molecule has 7 nitrogen and oxygen atoms in total. The number of H-pyrrole nitrogens is 1. The summed E-state index contributed by atoms with van der Waals surface area (Å²) in [5.41, 5.74) is 4.87. The topological polar surface area (TPSA) is 82.6 Å². The second-order valence-electron chi connectivity index (χ2n) is 9.71. The van der Waals surface area contributed by atoms with E-state index in [0.717, 1.165) is 69.0 Å². The quantitative estimate of drug-likeness (QED) is 0.341. The van der Waals surface area contributed by atoms with Gasteiger partial charge in [-0.2, -0.15) is 5.10 Å². The first-order valence-electron chi connectivity index (χ1n) is 11.7. The van der Waals surface area contributed by atoms with E-state index in [9.17, 15) is 0 Å². The molecule has 35 heavy (non-hydrogen) atoms. The van der Waals surface area contributed by atoms with Gasteiger partial charge in [0, 0.05) is 34.0 Å². The minimum atomic E-state index is -0.0700. The molecule has 0 radical (unpaired) electrons. The lowest BCUT2D eigenvalue weighted by Gasteiger charge is -2.50. The second kappa shape index (κ2) is 8.59. The van der Waals surface area contributed by atoms with Gasteiger partial charge in [0.05, 0.1) is 22.8 Å². The Kier molecular flexibility index (Phi) is 5.39. The van der Waals surface area contributed by atoms with Crippen LogP contribution >= 0.6 is 11.6 Å². The predicted molar refractivity (Wildman–Crippen MR) is 141 cm³/mol. The van der Waals surface area contributed by atoms with Gasteiger partial charge in [-0.3, -0.25) is 5.10 Å². The fraction of sp³-hybridized carbons (Fsp3) is 0.259. The number of fused-ring (bicyclic) bond motifs is 2. The normalized spacial score (nSPS) is 19.8. The van der Waals surface area contributed by atoms with Gasteiger partial charge in [-0.05, 0) is 50.7 Å². The Balaban J connectivity index is 1.34. The summed E-state index contributed by atoms with van der Waals surface area (Å²) in [4.78, 5) is 15.9. The van der Waals surface area contributed by atoms with Crippen LogP contribution in [-0.4, -0.2) is 56.7 Å². The standard InChI is InChI=1S/C27H26ClN7/c1-35(2)15-27(12-19(13-27)32-25-20-14-31-34-26(20)30-16-29-25)21-11-24-18(10-22(21)28)8-9-23(33-24)17-6-4-3-5-7-17/h3-11,14,16,19H,12-13,15H2,1-2H3,(H2,29,30,31,32,34). The van der Waals surface area contributed by atoms with Crippen molar-refractivity contribution in [3.05, 3.63) is 77.7 Å². The van der Waals surface area contributed by atoms with Crippen LogP contribution in [0.5, 0.6) is 0 Å². The lowest BCUT2D eigenvalue weighted by molar-refractivity contribution is 0.161. The fourth-order valence-corrected chi connectivity index (χ4v) is 5.79. The van der Waals surface area contributed by atoms with Crippen molar-refractivity contribution in [2.24, 2.45) is 0 Å². The lowest BCUT2D eigenvalue weighted by Crippen LogP contribution is -2.53. The first kappa shape index (κ1) is 21.9. The molecule has 6 rings (SSSR count). The SMILES string of the molecule is CN(C)CC1(c2cc3nc(-c4ccccc4)ccc3cc2Cl)CC(Nc2ncnc3[nH]ncc23)C1. The van der Waals surface area contributed by atoms with Crippen LogP contribution in [0.4, 0.5) is 5.82 Å². The van der Waals surface area contributed by atoms with Gasteiger partial charge < -0.3 is 10.2 Å². The molecule has 0 bridgehead atoms. The summed E-state index contributed by atoms with van der Waals surface area (Å²) in [6, 6.07) is 19.0. The number of halogens is 1. The number of anilines is 1. The van der Waals surface area contributed by atoms with E-state index in [1.54, 1.807) is 12.5 Å². The molecule has 5 aromatic rings. The summed E-state index contributed by atoms with van der Waals surface area (Å²) < 4.78 is 0. The van der Waals surface area contributed by atoms with E-state index in [0.29, 0.717) is 0 Å². The number of rotatable bonds is 6. The number of nitrogens with zero attached hydrogens (tertiary/aromatic N) is 5. The van der Waals surface area contributed by atoms with Crippen molar-refractivity contribution in [2.45, 2.75) is 24.3 Å². The molecule has 176 valence electrons. The average molecular weight is 484 g/mol.